The van der Waals surface area contributed by atoms with Gasteiger partial charge in [-0.3, -0.25) is 4.79 Å². The summed E-state index contributed by atoms with van der Waals surface area (Å²) in [7, 11) is 0. The highest BCUT2D eigenvalue weighted by atomic mass is 16.2. The fraction of sp³-hybridized carbons (Fsp3) is 0.200. The van der Waals surface area contributed by atoms with E-state index in [-0.39, 0.29) is 11.9 Å². The van der Waals surface area contributed by atoms with Crippen molar-refractivity contribution in [2.24, 2.45) is 0 Å². The molecule has 30 heavy (non-hydrogen) atoms. The number of nitrogens with one attached hydrogen (secondary N) is 3. The van der Waals surface area contributed by atoms with Gasteiger partial charge in [0, 0.05) is 23.0 Å². The van der Waals surface area contributed by atoms with Gasteiger partial charge < -0.3 is 16.0 Å². The summed E-state index contributed by atoms with van der Waals surface area (Å²) in [5.41, 5.74) is 4.33. The van der Waals surface area contributed by atoms with E-state index in [1.165, 1.54) is 5.56 Å². The molecule has 0 heterocycles. The molecule has 3 aromatic carbocycles. The number of urea groups is 1. The zero-order valence-corrected chi connectivity index (χ0v) is 16.7. The molecule has 152 valence electrons. The van der Waals surface area contributed by atoms with Crippen LogP contribution in [0.15, 0.2) is 78.9 Å². The van der Waals surface area contributed by atoms with Crippen LogP contribution in [0.3, 0.4) is 0 Å². The Morgan fingerprint density at radius 2 is 1.37 bits per heavy atom. The molecule has 5 heteroatoms. The van der Waals surface area contributed by atoms with Gasteiger partial charge in [-0.2, -0.15) is 0 Å². The summed E-state index contributed by atoms with van der Waals surface area (Å²) in [6.07, 6.45) is 3.78. The van der Waals surface area contributed by atoms with Gasteiger partial charge >= 0.3 is 6.03 Å². The van der Waals surface area contributed by atoms with Crippen LogP contribution in [-0.2, 0) is 12.8 Å². The van der Waals surface area contributed by atoms with Gasteiger partial charge in [-0.15, -0.1) is 0 Å². The molecule has 1 aliphatic rings. The molecule has 4 rings (SSSR count). The quantitative estimate of drug-likeness (QED) is 0.523. The molecule has 0 spiro atoms. The van der Waals surface area contributed by atoms with Gasteiger partial charge in [0.15, 0.2) is 0 Å². The minimum absolute atomic E-state index is 0.133. The molecular formula is C25H25N3O2. The number of amides is 3. The van der Waals surface area contributed by atoms with Crippen molar-refractivity contribution in [3.8, 4) is 0 Å². The molecule has 1 saturated carbocycles. The summed E-state index contributed by atoms with van der Waals surface area (Å²) in [5.74, 6) is -0.133. The lowest BCUT2D eigenvalue weighted by atomic mass is 9.99. The van der Waals surface area contributed by atoms with E-state index in [0.717, 1.165) is 31.2 Å². The topological polar surface area (TPSA) is 70.2 Å². The van der Waals surface area contributed by atoms with Crippen LogP contribution in [0.2, 0.25) is 0 Å². The highest BCUT2D eigenvalue weighted by molar-refractivity contribution is 6.05. The maximum atomic E-state index is 12.8. The van der Waals surface area contributed by atoms with Crippen molar-refractivity contribution in [3.05, 3.63) is 95.6 Å². The average molecular weight is 399 g/mol. The molecule has 0 aromatic heterocycles. The second-order valence-electron chi connectivity index (χ2n) is 7.55. The van der Waals surface area contributed by atoms with Crippen molar-refractivity contribution in [3.63, 3.8) is 0 Å². The van der Waals surface area contributed by atoms with Crippen LogP contribution < -0.4 is 16.0 Å². The van der Waals surface area contributed by atoms with Gasteiger partial charge in [-0.25, -0.2) is 4.79 Å². The Morgan fingerprint density at radius 3 is 2.07 bits per heavy atom. The van der Waals surface area contributed by atoms with Crippen molar-refractivity contribution in [2.45, 2.75) is 31.7 Å². The van der Waals surface area contributed by atoms with Gasteiger partial charge in [-0.05, 0) is 67.1 Å². The number of carbonyl (C=O) groups is 2. The predicted molar refractivity (Wildman–Crippen MR) is 120 cm³/mol. The number of rotatable bonds is 7. The largest absolute Gasteiger partial charge is 0.335 e. The zero-order valence-electron chi connectivity index (χ0n) is 16.7. The summed E-state index contributed by atoms with van der Waals surface area (Å²) < 4.78 is 0. The molecule has 0 bridgehead atoms. The SMILES string of the molecule is O=C(Nc1ccc(NC(=O)c2ccccc2CCc2ccccc2)cc1)NC1CC1. The fourth-order valence-electron chi connectivity index (χ4n) is 3.30. The molecule has 0 radical (unpaired) electrons. The van der Waals surface area contributed by atoms with Crippen LogP contribution in [0.5, 0.6) is 0 Å². The number of benzene rings is 3. The monoisotopic (exact) mass is 399 g/mol. The molecule has 5 nitrogen and oxygen atoms in total. The third-order valence-corrected chi connectivity index (χ3v) is 5.10. The number of carbonyl (C=O) groups excluding carboxylic acids is 2. The van der Waals surface area contributed by atoms with Gasteiger partial charge in [0.05, 0.1) is 0 Å². The molecule has 0 aliphatic heterocycles. The molecule has 0 saturated heterocycles. The Balaban J connectivity index is 1.37. The summed E-state index contributed by atoms with van der Waals surface area (Å²) >= 11 is 0. The highest BCUT2D eigenvalue weighted by Crippen LogP contribution is 2.20. The lowest BCUT2D eigenvalue weighted by Gasteiger charge is -2.11. The molecule has 3 amide bonds. The summed E-state index contributed by atoms with van der Waals surface area (Å²) in [4.78, 5) is 24.7. The summed E-state index contributed by atoms with van der Waals surface area (Å²) in [6.45, 7) is 0. The zero-order chi connectivity index (χ0) is 20.8. The minimum Gasteiger partial charge on any atom is -0.335 e. The first-order chi connectivity index (χ1) is 14.7. The van der Waals surface area contributed by atoms with Crippen molar-refractivity contribution in [1.82, 2.24) is 5.32 Å². The Kier molecular flexibility index (Phi) is 6.09. The van der Waals surface area contributed by atoms with E-state index in [1.54, 1.807) is 24.3 Å². The molecule has 0 atom stereocenters. The standard InChI is InChI=1S/C25H25N3O2/c29-24(23-9-5-4-8-19(23)11-10-18-6-2-1-3-7-18)26-20-12-14-21(15-13-20)27-25(30)28-22-16-17-22/h1-9,12-15,22H,10-11,16-17H2,(H,26,29)(H2,27,28,30). The summed E-state index contributed by atoms with van der Waals surface area (Å²) in [6, 6.07) is 25.2. The molecule has 1 aliphatic carbocycles. The lowest BCUT2D eigenvalue weighted by Crippen LogP contribution is -2.30. The first-order valence-electron chi connectivity index (χ1n) is 10.3. The Labute approximate surface area is 176 Å². The summed E-state index contributed by atoms with van der Waals surface area (Å²) in [5, 5.41) is 8.64. The van der Waals surface area contributed by atoms with E-state index in [0.29, 0.717) is 23.0 Å². The minimum atomic E-state index is -0.193. The first-order valence-corrected chi connectivity index (χ1v) is 10.3. The fourth-order valence-corrected chi connectivity index (χ4v) is 3.30. The Bertz CT molecular complexity index is 1010. The van der Waals surface area contributed by atoms with Gasteiger partial charge in [0.2, 0.25) is 0 Å². The second-order valence-corrected chi connectivity index (χ2v) is 7.55. The Morgan fingerprint density at radius 1 is 0.733 bits per heavy atom. The van der Waals surface area contributed by atoms with Gasteiger partial charge in [0.1, 0.15) is 0 Å². The van der Waals surface area contributed by atoms with Crippen LogP contribution in [0.25, 0.3) is 0 Å². The van der Waals surface area contributed by atoms with E-state index < -0.39 is 0 Å². The van der Waals surface area contributed by atoms with Crippen LogP contribution in [0, 0.1) is 0 Å². The first kappa shape index (κ1) is 19.7. The van der Waals surface area contributed by atoms with Crippen molar-refractivity contribution in [1.29, 1.82) is 0 Å². The van der Waals surface area contributed by atoms with E-state index >= 15 is 0 Å². The normalized spacial score (nSPS) is 12.8. The van der Waals surface area contributed by atoms with Crippen LogP contribution in [0.4, 0.5) is 16.2 Å². The maximum Gasteiger partial charge on any atom is 0.319 e. The van der Waals surface area contributed by atoms with Crippen molar-refractivity contribution < 1.29 is 9.59 Å². The highest BCUT2D eigenvalue weighted by Gasteiger charge is 2.23. The van der Waals surface area contributed by atoms with E-state index in [9.17, 15) is 9.59 Å². The van der Waals surface area contributed by atoms with Crippen LogP contribution >= 0.6 is 0 Å². The number of hydrogen-bond acceptors (Lipinski definition) is 2. The lowest BCUT2D eigenvalue weighted by molar-refractivity contribution is 0.102. The van der Waals surface area contributed by atoms with Crippen LogP contribution in [-0.4, -0.2) is 18.0 Å². The Hall–Kier alpha value is -3.60. The number of aryl methyl sites for hydroxylation is 2. The third kappa shape index (κ3) is 5.47. The smallest absolute Gasteiger partial charge is 0.319 e. The third-order valence-electron chi connectivity index (χ3n) is 5.10. The molecule has 1 fully saturated rings. The van der Waals surface area contributed by atoms with Gasteiger partial charge in [0.25, 0.3) is 5.91 Å². The van der Waals surface area contributed by atoms with E-state index in [1.807, 2.05) is 42.5 Å². The van der Waals surface area contributed by atoms with E-state index in [4.69, 9.17) is 0 Å². The molecule has 3 N–H and O–H groups in total. The maximum absolute atomic E-state index is 12.8. The number of hydrogen-bond donors (Lipinski definition) is 3. The van der Waals surface area contributed by atoms with Crippen LogP contribution in [0.1, 0.15) is 34.3 Å². The second kappa shape index (κ2) is 9.27. The average Bonchev–Trinajstić information content (AvgIpc) is 3.58. The molecule has 3 aromatic rings. The van der Waals surface area contributed by atoms with Gasteiger partial charge in [-0.1, -0.05) is 48.5 Å². The van der Waals surface area contributed by atoms with Crippen molar-refractivity contribution >= 4 is 23.3 Å². The van der Waals surface area contributed by atoms with E-state index in [2.05, 4.69) is 28.1 Å². The predicted octanol–water partition coefficient (Wildman–Crippen LogP) is 5.01. The molecular weight excluding hydrogens is 374 g/mol. The van der Waals surface area contributed by atoms with Crippen molar-refractivity contribution in [2.75, 3.05) is 10.6 Å². The molecule has 0 unspecified atom stereocenters. The number of anilines is 2.